The Balaban J connectivity index is -0.000000185. The van der Waals surface area contributed by atoms with Crippen LogP contribution in [-0.4, -0.2) is 142 Å². The number of carboxylic acids is 1. The van der Waals surface area contributed by atoms with Crippen LogP contribution in [0.15, 0.2) is 24.3 Å². The van der Waals surface area contributed by atoms with E-state index in [0.717, 1.165) is 109 Å². The number of carbonyl (C=O) groups excluding carboxylic acids is 4. The Morgan fingerprint density at radius 3 is 0.955 bits per heavy atom. The lowest BCUT2D eigenvalue weighted by atomic mass is 10.1. The summed E-state index contributed by atoms with van der Waals surface area (Å²) in [5, 5.41) is 63.9. The Morgan fingerprint density at radius 1 is 0.463 bits per heavy atom. The average Bonchev–Trinajstić information content (AvgIpc) is 3.30. The molecule has 17 heteroatoms. The van der Waals surface area contributed by atoms with Gasteiger partial charge in [0.1, 0.15) is 6.10 Å². The quantitative estimate of drug-likeness (QED) is 0.0216. The first-order valence-corrected chi connectivity index (χ1v) is 24.3. The third-order valence-electron chi connectivity index (χ3n) is 7.77. The Morgan fingerprint density at radius 2 is 0.731 bits per heavy atom. The van der Waals surface area contributed by atoms with Gasteiger partial charge in [0.2, 0.25) is 0 Å². The van der Waals surface area contributed by atoms with Gasteiger partial charge in [-0.2, -0.15) is 0 Å². The third-order valence-corrected chi connectivity index (χ3v) is 7.77. The summed E-state index contributed by atoms with van der Waals surface area (Å²) < 4.78 is 20.5. The van der Waals surface area contributed by atoms with Crippen LogP contribution in [0.5, 0.6) is 0 Å². The minimum absolute atomic E-state index is 0.0664. The highest BCUT2D eigenvalue weighted by Gasteiger charge is 2.18. The molecule has 0 aromatic heterocycles. The first-order chi connectivity index (χ1) is 31.9. The number of rotatable bonds is 29. The molecule has 8 N–H and O–H groups in total. The lowest BCUT2D eigenvalue weighted by Crippen LogP contribution is -2.14. The molecule has 398 valence electrons. The van der Waals surface area contributed by atoms with E-state index in [1.165, 1.54) is 13.8 Å². The van der Waals surface area contributed by atoms with E-state index in [1.54, 1.807) is 38.1 Å². The summed E-state index contributed by atoms with van der Waals surface area (Å²) in [4.78, 5) is 56.1. The molecule has 0 aliphatic rings. The topological polar surface area (TPSA) is 284 Å². The summed E-state index contributed by atoms with van der Waals surface area (Å²) in [6.07, 6.45) is 15.1. The predicted molar refractivity (Wildman–Crippen MR) is 262 cm³/mol. The van der Waals surface area contributed by atoms with Gasteiger partial charge in [0.25, 0.3) is 0 Å². The fourth-order valence-electron chi connectivity index (χ4n) is 3.89. The van der Waals surface area contributed by atoms with Crippen molar-refractivity contribution in [1.82, 2.24) is 0 Å². The first kappa shape index (κ1) is 74.8. The summed E-state index contributed by atoms with van der Waals surface area (Å²) >= 11 is 0. The zero-order chi connectivity index (χ0) is 52.5. The summed E-state index contributed by atoms with van der Waals surface area (Å²) in [5.74, 6) is -2.26. The third kappa shape index (κ3) is 71.5. The molecule has 1 aromatic carbocycles. The number of hydrogen-bond acceptors (Lipinski definition) is 16. The summed E-state index contributed by atoms with van der Waals surface area (Å²) in [6, 6.07) is 6.59. The van der Waals surface area contributed by atoms with Crippen molar-refractivity contribution in [3.05, 3.63) is 35.4 Å². The van der Waals surface area contributed by atoms with Crippen LogP contribution in [0.3, 0.4) is 0 Å². The zero-order valence-corrected chi connectivity index (χ0v) is 42.9. The molecule has 0 saturated heterocycles. The molecule has 0 amide bonds. The Hall–Kier alpha value is -3.71. The fourth-order valence-corrected chi connectivity index (χ4v) is 3.89. The van der Waals surface area contributed by atoms with E-state index in [-0.39, 0.29) is 49.0 Å². The van der Waals surface area contributed by atoms with Gasteiger partial charge in [-0.15, -0.1) is 0 Å². The number of benzene rings is 1. The van der Waals surface area contributed by atoms with E-state index in [9.17, 15) is 24.0 Å². The van der Waals surface area contributed by atoms with Crippen LogP contribution >= 0.6 is 0 Å². The second-order valence-corrected chi connectivity index (χ2v) is 15.3. The van der Waals surface area contributed by atoms with Crippen molar-refractivity contribution in [2.45, 2.75) is 203 Å². The van der Waals surface area contributed by atoms with Crippen LogP contribution in [-0.2, 0) is 33.3 Å². The van der Waals surface area contributed by atoms with Gasteiger partial charge in [-0.3, -0.25) is 9.59 Å². The molecule has 0 radical (unpaired) electrons. The fraction of sp³-hybridized carbons (Fsp3) is 0.780. The van der Waals surface area contributed by atoms with Gasteiger partial charge in [-0.1, -0.05) is 98.1 Å². The maximum atomic E-state index is 11.9. The molecule has 17 nitrogen and oxygen atoms in total. The number of unbranched alkanes of at least 4 members (excludes halogenated alkanes) is 10. The Labute approximate surface area is 403 Å². The van der Waals surface area contributed by atoms with Crippen LogP contribution in [0, 0.1) is 0 Å². The number of carboxylic acid groups (broad SMARTS) is 1. The number of hydrogen-bond donors (Lipinski definition) is 8. The minimum atomic E-state index is -1.23. The van der Waals surface area contributed by atoms with Crippen molar-refractivity contribution < 1.29 is 83.8 Å². The summed E-state index contributed by atoms with van der Waals surface area (Å²) in [7, 11) is 0. The molecule has 0 spiro atoms. The second-order valence-electron chi connectivity index (χ2n) is 15.3. The SMILES string of the molecule is CC(C)O.CC(O)C(=O)O.CC(O)CO.CCCCOC(=O)CCCCCCCCC(=O)OCCCC.CCCCOC(=O)c1ccccc1C(=O)OCCCC.CCCO.OCCCCO. The molecule has 1 rings (SSSR count). The van der Waals surface area contributed by atoms with Crippen LogP contribution in [0.1, 0.15) is 205 Å². The highest BCUT2D eigenvalue weighted by Crippen LogP contribution is 2.13. The Kier molecular flexibility index (Phi) is 69.6. The number of aliphatic hydroxyl groups excluding tert-OH is 7. The monoisotopic (exact) mass is 969 g/mol. The number of carbonyl (C=O) groups is 5. The maximum absolute atomic E-state index is 11.9. The van der Waals surface area contributed by atoms with Gasteiger partial charge in [0.15, 0.2) is 0 Å². The molecule has 0 bridgehead atoms. The smallest absolute Gasteiger partial charge is 0.339 e. The van der Waals surface area contributed by atoms with Gasteiger partial charge in [-0.25, -0.2) is 14.4 Å². The average molecular weight is 969 g/mol. The molecule has 0 heterocycles. The van der Waals surface area contributed by atoms with Crippen LogP contribution in [0.2, 0.25) is 0 Å². The second kappa shape index (κ2) is 62.3. The molecule has 1 aromatic rings. The van der Waals surface area contributed by atoms with Gasteiger partial charge >= 0.3 is 29.8 Å². The molecule has 67 heavy (non-hydrogen) atoms. The summed E-state index contributed by atoms with van der Waals surface area (Å²) in [5.41, 5.74) is 0.537. The number of ether oxygens (including phenoxy) is 4. The zero-order valence-electron chi connectivity index (χ0n) is 42.9. The standard InChI is InChI=1S/C18H34O4.C16H22O4.C4H10O2.C3H6O3.C3H8O2.2C3H8O/c1-3-5-15-21-17(19)13-11-9-7-8-10-12-14-18(20)22-16-6-4-2;1-3-5-11-19-15(17)13-9-7-8-10-14(13)16(18)20-12-6-4-2;5-3-1-2-4-6;1-2(4)3(5)6;1-3(5)2-4;1-3(2)4;1-2-3-4/h3-16H2,1-2H3;7-10H,3-6,11-12H2,1-2H3;5-6H,1-4H2;2,4H,1H3,(H,5,6);3-5H,2H2,1H3;3-4H,1-2H3;4H,2-3H2,1H3. The van der Waals surface area contributed by atoms with Gasteiger partial charge < -0.3 is 59.8 Å². The number of aliphatic carboxylic acids is 1. The van der Waals surface area contributed by atoms with E-state index < -0.39 is 30.1 Å². The van der Waals surface area contributed by atoms with E-state index in [0.29, 0.717) is 45.9 Å². The molecular formula is C50H96O17. The normalized spacial score (nSPS) is 10.6. The van der Waals surface area contributed by atoms with Gasteiger partial charge in [0, 0.05) is 38.8 Å². The van der Waals surface area contributed by atoms with Crippen molar-refractivity contribution in [1.29, 1.82) is 0 Å². The molecule has 0 fully saturated rings. The molecule has 2 unspecified atom stereocenters. The number of aliphatic hydroxyl groups is 7. The largest absolute Gasteiger partial charge is 0.479 e. The highest BCUT2D eigenvalue weighted by molar-refractivity contribution is 6.03. The van der Waals surface area contributed by atoms with Gasteiger partial charge in [-0.05, 0) is 97.6 Å². The van der Waals surface area contributed by atoms with Crippen LogP contribution in [0.25, 0.3) is 0 Å². The van der Waals surface area contributed by atoms with Crippen molar-refractivity contribution in [3.8, 4) is 0 Å². The summed E-state index contributed by atoms with van der Waals surface area (Å²) in [6.45, 7) is 18.7. The van der Waals surface area contributed by atoms with E-state index in [4.69, 9.17) is 59.8 Å². The molecule has 0 aliphatic heterocycles. The first-order valence-electron chi connectivity index (χ1n) is 24.3. The van der Waals surface area contributed by atoms with Crippen molar-refractivity contribution in [2.75, 3.05) is 52.9 Å². The predicted octanol–water partition coefficient (Wildman–Crippen LogP) is 7.73. The molecule has 0 aliphatic carbocycles. The van der Waals surface area contributed by atoms with Crippen LogP contribution < -0.4 is 0 Å². The van der Waals surface area contributed by atoms with Crippen molar-refractivity contribution in [2.24, 2.45) is 0 Å². The van der Waals surface area contributed by atoms with Crippen molar-refractivity contribution in [3.63, 3.8) is 0 Å². The van der Waals surface area contributed by atoms with E-state index in [1.807, 2.05) is 20.8 Å². The van der Waals surface area contributed by atoms with E-state index in [2.05, 4.69) is 13.8 Å². The minimum Gasteiger partial charge on any atom is -0.479 e. The van der Waals surface area contributed by atoms with E-state index >= 15 is 0 Å². The lowest BCUT2D eigenvalue weighted by molar-refractivity contribution is -0.146. The Bertz CT molecular complexity index is 1130. The van der Waals surface area contributed by atoms with Crippen LogP contribution in [0.4, 0.5) is 0 Å². The maximum Gasteiger partial charge on any atom is 0.339 e. The van der Waals surface area contributed by atoms with Crippen molar-refractivity contribution >= 4 is 29.8 Å². The molecular weight excluding hydrogens is 873 g/mol. The number of esters is 4. The highest BCUT2D eigenvalue weighted by atomic mass is 16.5. The molecule has 0 saturated carbocycles. The molecule has 2 atom stereocenters. The van der Waals surface area contributed by atoms with Gasteiger partial charge in [0.05, 0.1) is 50.3 Å². The lowest BCUT2D eigenvalue weighted by Gasteiger charge is -2.09.